The molecule has 1 aromatic heterocycles. The lowest BCUT2D eigenvalue weighted by atomic mass is 9.82. The van der Waals surface area contributed by atoms with E-state index in [9.17, 15) is 27.9 Å². The van der Waals surface area contributed by atoms with Crippen molar-refractivity contribution < 1.29 is 33.0 Å². The first-order valence-electron chi connectivity index (χ1n) is 12.7. The fourth-order valence-electron chi connectivity index (χ4n) is 5.52. The van der Waals surface area contributed by atoms with Crippen molar-refractivity contribution in [2.24, 2.45) is 5.92 Å². The highest BCUT2D eigenvalue weighted by Gasteiger charge is 2.44. The summed E-state index contributed by atoms with van der Waals surface area (Å²) >= 11 is 1.10. The number of carboxylic acids is 2. The van der Waals surface area contributed by atoms with Crippen molar-refractivity contribution in [2.45, 2.75) is 43.0 Å². The van der Waals surface area contributed by atoms with E-state index in [1.54, 1.807) is 6.07 Å². The minimum absolute atomic E-state index is 0.0109. The van der Waals surface area contributed by atoms with E-state index in [1.165, 1.54) is 29.2 Å². The van der Waals surface area contributed by atoms with Gasteiger partial charge in [-0.2, -0.15) is 4.31 Å². The molecule has 2 heterocycles. The Bertz CT molecular complexity index is 1490. The summed E-state index contributed by atoms with van der Waals surface area (Å²) in [6.45, 7) is -0.420. The summed E-state index contributed by atoms with van der Waals surface area (Å²) in [6, 6.07) is 15.5. The van der Waals surface area contributed by atoms with Gasteiger partial charge in [-0.15, -0.1) is 11.3 Å². The number of anilines is 1. The van der Waals surface area contributed by atoms with Gasteiger partial charge in [-0.05, 0) is 54.7 Å². The number of amides is 1. The third-order valence-corrected chi connectivity index (χ3v) is 10.4. The molecule has 2 fully saturated rings. The summed E-state index contributed by atoms with van der Waals surface area (Å²) in [5.74, 6) is -2.78. The fraction of sp³-hybridized carbons (Fsp3) is 0.321. The van der Waals surface area contributed by atoms with Gasteiger partial charge in [0.15, 0.2) is 0 Å². The first-order chi connectivity index (χ1) is 18.7. The van der Waals surface area contributed by atoms with Crippen LogP contribution in [0.2, 0.25) is 0 Å². The summed E-state index contributed by atoms with van der Waals surface area (Å²) in [5, 5.41) is 19.2. The Kier molecular flexibility index (Phi) is 7.57. The highest BCUT2D eigenvalue weighted by atomic mass is 32.2. The van der Waals surface area contributed by atoms with Crippen LogP contribution < -0.4 is 4.90 Å². The van der Waals surface area contributed by atoms with Crippen LogP contribution >= 0.6 is 11.3 Å². The molecule has 39 heavy (non-hydrogen) atoms. The number of carboxylic acid groups (broad SMARTS) is 2. The Morgan fingerprint density at radius 3 is 2.18 bits per heavy atom. The van der Waals surface area contributed by atoms with Crippen LogP contribution in [0, 0.1) is 5.92 Å². The first kappa shape index (κ1) is 27.0. The molecule has 5 rings (SSSR count). The molecule has 2 aromatic carbocycles. The number of hydrogen-bond donors (Lipinski definition) is 2. The number of rotatable bonds is 7. The average molecular weight is 569 g/mol. The topological polar surface area (TPSA) is 132 Å². The van der Waals surface area contributed by atoms with Crippen molar-refractivity contribution >= 4 is 44.9 Å². The lowest BCUT2D eigenvalue weighted by Gasteiger charge is -2.44. The Morgan fingerprint density at radius 1 is 0.897 bits per heavy atom. The van der Waals surface area contributed by atoms with E-state index in [2.05, 4.69) is 0 Å². The van der Waals surface area contributed by atoms with Gasteiger partial charge in [0, 0.05) is 11.4 Å². The number of aromatic carboxylic acids is 2. The van der Waals surface area contributed by atoms with Crippen LogP contribution in [0.5, 0.6) is 0 Å². The molecule has 3 aromatic rings. The highest BCUT2D eigenvalue weighted by Crippen LogP contribution is 2.42. The number of carbonyl (C=O) groups excluding carboxylic acids is 1. The molecule has 1 aliphatic carbocycles. The summed E-state index contributed by atoms with van der Waals surface area (Å²) < 4.78 is 28.3. The number of nitrogens with zero attached hydrogens (tertiary/aromatic N) is 2. The second-order valence-electron chi connectivity index (χ2n) is 9.85. The molecule has 2 N–H and O–H groups in total. The molecule has 9 nitrogen and oxygen atoms in total. The van der Waals surface area contributed by atoms with Crippen LogP contribution in [-0.4, -0.2) is 59.9 Å². The molecule has 1 amide bonds. The number of sulfonamides is 1. The van der Waals surface area contributed by atoms with Crippen molar-refractivity contribution in [2.75, 3.05) is 18.0 Å². The molecule has 0 spiro atoms. The normalized spacial score (nSPS) is 19.2. The Hall–Kier alpha value is -3.54. The van der Waals surface area contributed by atoms with Crippen LogP contribution in [-0.2, 0) is 14.8 Å². The van der Waals surface area contributed by atoms with E-state index in [4.69, 9.17) is 5.11 Å². The lowest BCUT2D eigenvalue weighted by Crippen LogP contribution is -2.60. The summed E-state index contributed by atoms with van der Waals surface area (Å²) in [7, 11) is -4.10. The van der Waals surface area contributed by atoms with E-state index >= 15 is 0 Å². The van der Waals surface area contributed by atoms with Crippen LogP contribution in [0.4, 0.5) is 5.69 Å². The van der Waals surface area contributed by atoms with E-state index in [-0.39, 0.29) is 27.8 Å². The average Bonchev–Trinajstić information content (AvgIpc) is 3.39. The van der Waals surface area contributed by atoms with E-state index < -0.39 is 40.5 Å². The second kappa shape index (κ2) is 10.9. The van der Waals surface area contributed by atoms with Gasteiger partial charge in [-0.1, -0.05) is 49.6 Å². The van der Waals surface area contributed by atoms with Crippen molar-refractivity contribution in [3.63, 3.8) is 0 Å². The van der Waals surface area contributed by atoms with Crippen LogP contribution in [0.1, 0.15) is 52.1 Å². The van der Waals surface area contributed by atoms with Crippen molar-refractivity contribution in [1.82, 2.24) is 4.31 Å². The Labute approximate surface area is 230 Å². The van der Waals surface area contributed by atoms with Crippen LogP contribution in [0.3, 0.4) is 0 Å². The van der Waals surface area contributed by atoms with Crippen molar-refractivity contribution in [1.29, 1.82) is 0 Å². The zero-order chi connectivity index (χ0) is 27.7. The van der Waals surface area contributed by atoms with Crippen molar-refractivity contribution in [3.05, 3.63) is 71.1 Å². The third kappa shape index (κ3) is 5.34. The fourth-order valence-corrected chi connectivity index (χ4v) is 7.92. The maximum Gasteiger partial charge on any atom is 0.348 e. The van der Waals surface area contributed by atoms with Gasteiger partial charge in [-0.3, -0.25) is 4.79 Å². The van der Waals surface area contributed by atoms with Gasteiger partial charge in [0.25, 0.3) is 0 Å². The standard InChI is InChI=1S/C28H28N2O7S2/c31-25-17-29(39(36,37)21-13-11-20(12-14-21)27(32)33)16-23(18-7-3-1-4-8-18)30(25)22-15-24(38-26(22)28(34)35)19-9-5-2-6-10-19/h2,5-6,9-15,18,23H,1,3-4,7-8,16-17H2,(H,32,33)(H,34,35). The molecule has 1 unspecified atom stereocenters. The van der Waals surface area contributed by atoms with Gasteiger partial charge in [-0.25, -0.2) is 18.0 Å². The molecule has 1 saturated carbocycles. The zero-order valence-electron chi connectivity index (χ0n) is 21.0. The van der Waals surface area contributed by atoms with Gasteiger partial charge < -0.3 is 15.1 Å². The predicted octanol–water partition coefficient (Wildman–Crippen LogP) is 4.80. The number of thiophene rings is 1. The summed E-state index contributed by atoms with van der Waals surface area (Å²) in [5.41, 5.74) is 1.10. The Balaban J connectivity index is 1.54. The third-order valence-electron chi connectivity index (χ3n) is 7.46. The first-order valence-corrected chi connectivity index (χ1v) is 15.0. The number of piperazine rings is 1. The molecule has 0 bridgehead atoms. The Morgan fingerprint density at radius 2 is 1.56 bits per heavy atom. The molecule has 0 radical (unpaired) electrons. The maximum absolute atomic E-state index is 13.8. The molecule has 2 aliphatic rings. The lowest BCUT2D eigenvalue weighted by molar-refractivity contribution is -0.121. The van der Waals surface area contributed by atoms with Crippen LogP contribution in [0.15, 0.2) is 65.6 Å². The van der Waals surface area contributed by atoms with Gasteiger partial charge in [0.2, 0.25) is 15.9 Å². The monoisotopic (exact) mass is 568 g/mol. The van der Waals surface area contributed by atoms with Crippen molar-refractivity contribution in [3.8, 4) is 10.4 Å². The quantitative estimate of drug-likeness (QED) is 0.418. The molecule has 11 heteroatoms. The molecule has 1 atom stereocenters. The zero-order valence-corrected chi connectivity index (χ0v) is 22.7. The molecule has 204 valence electrons. The minimum Gasteiger partial charge on any atom is -0.478 e. The largest absolute Gasteiger partial charge is 0.478 e. The minimum atomic E-state index is -4.10. The number of carbonyl (C=O) groups is 3. The van der Waals surface area contributed by atoms with E-state index in [0.29, 0.717) is 10.6 Å². The second-order valence-corrected chi connectivity index (χ2v) is 12.8. The molecule has 1 aliphatic heterocycles. The molecular weight excluding hydrogens is 540 g/mol. The summed E-state index contributed by atoms with van der Waals surface area (Å²) in [6.07, 6.45) is 4.60. The van der Waals surface area contributed by atoms with E-state index in [0.717, 1.165) is 53.3 Å². The number of hydrogen-bond acceptors (Lipinski definition) is 6. The van der Waals surface area contributed by atoms with Gasteiger partial charge >= 0.3 is 11.9 Å². The van der Waals surface area contributed by atoms with E-state index in [1.807, 2.05) is 30.3 Å². The number of benzene rings is 2. The van der Waals surface area contributed by atoms with Crippen LogP contribution in [0.25, 0.3) is 10.4 Å². The highest BCUT2D eigenvalue weighted by molar-refractivity contribution is 7.89. The SMILES string of the molecule is O=C(O)c1ccc(S(=O)(=O)N2CC(=O)N(c3cc(-c4ccccc4)sc3C(=O)O)C(C3CCCCC3)C2)cc1. The van der Waals surface area contributed by atoms with Gasteiger partial charge in [0.05, 0.1) is 28.7 Å². The maximum atomic E-state index is 13.8. The predicted molar refractivity (Wildman–Crippen MR) is 147 cm³/mol. The molecular formula is C28H28N2O7S2. The van der Waals surface area contributed by atoms with Gasteiger partial charge in [0.1, 0.15) is 4.88 Å². The molecule has 1 saturated heterocycles. The smallest absolute Gasteiger partial charge is 0.348 e. The summed E-state index contributed by atoms with van der Waals surface area (Å²) in [4.78, 5) is 39.5.